The summed E-state index contributed by atoms with van der Waals surface area (Å²) in [5.41, 5.74) is 3.23. The van der Waals surface area contributed by atoms with E-state index < -0.39 is 11.9 Å². The van der Waals surface area contributed by atoms with E-state index in [1.54, 1.807) is 36.4 Å². The normalized spacial score (nSPS) is 15.1. The summed E-state index contributed by atoms with van der Waals surface area (Å²) in [6, 6.07) is 14.6. The minimum Gasteiger partial charge on any atom is -0.504 e. The fourth-order valence-corrected chi connectivity index (χ4v) is 4.55. The van der Waals surface area contributed by atoms with Crippen molar-refractivity contribution in [2.45, 2.75) is 26.8 Å². The highest BCUT2D eigenvalue weighted by Gasteiger charge is 2.44. The maximum absolute atomic E-state index is 13.7. The van der Waals surface area contributed by atoms with Crippen molar-refractivity contribution in [3.05, 3.63) is 97.9 Å². The average Bonchev–Trinajstić information content (AvgIpc) is 3.10. The van der Waals surface area contributed by atoms with Crippen LogP contribution in [-0.4, -0.2) is 17.6 Å². The maximum atomic E-state index is 13.7. The quantitative estimate of drug-likeness (QED) is 0.396. The first-order chi connectivity index (χ1) is 16.3. The minimum absolute atomic E-state index is 0.00548. The van der Waals surface area contributed by atoms with Crippen molar-refractivity contribution < 1.29 is 19.1 Å². The Morgan fingerprint density at radius 1 is 1.06 bits per heavy atom. The number of benzene rings is 3. The molecule has 0 spiro atoms. The third-order valence-corrected chi connectivity index (χ3v) is 6.47. The highest BCUT2D eigenvalue weighted by Crippen LogP contribution is 2.43. The number of amides is 1. The van der Waals surface area contributed by atoms with Gasteiger partial charge in [0.15, 0.2) is 16.9 Å². The molecule has 1 aromatic heterocycles. The number of anilines is 1. The van der Waals surface area contributed by atoms with Crippen molar-refractivity contribution in [2.75, 3.05) is 11.5 Å². The van der Waals surface area contributed by atoms with Gasteiger partial charge in [-0.25, -0.2) is 0 Å². The molecule has 0 saturated carbocycles. The zero-order chi connectivity index (χ0) is 24.1. The summed E-state index contributed by atoms with van der Waals surface area (Å²) in [7, 11) is 0. The summed E-state index contributed by atoms with van der Waals surface area (Å²) in [4.78, 5) is 28.9. The molecule has 4 aromatic rings. The van der Waals surface area contributed by atoms with Crippen molar-refractivity contribution in [1.82, 2.24) is 0 Å². The molecule has 0 radical (unpaired) electrons. The van der Waals surface area contributed by atoms with E-state index in [0.717, 1.165) is 11.1 Å². The monoisotopic (exact) mass is 475 g/mol. The first kappa shape index (κ1) is 22.0. The number of carbonyl (C=O) groups is 1. The zero-order valence-corrected chi connectivity index (χ0v) is 19.6. The molecule has 1 aliphatic rings. The smallest absolute Gasteiger partial charge is 0.295 e. The standard InChI is InChI=1S/C27H22ClNO5/c1-4-33-22-12-16(7-9-20(22)30)24-23-25(31)18-11-14(2)5-10-21(18)34-26(23)27(32)29(24)17-8-6-15(3)19(28)13-17/h5-13,24,30H,4H2,1-3H3. The van der Waals surface area contributed by atoms with E-state index in [0.29, 0.717) is 33.8 Å². The number of phenolic OH excluding ortho intramolecular Hbond substituents is 1. The number of carbonyl (C=O) groups excluding carboxylic acids is 1. The third-order valence-electron chi connectivity index (χ3n) is 6.06. The summed E-state index contributed by atoms with van der Waals surface area (Å²) in [6.07, 6.45) is 0. The van der Waals surface area contributed by atoms with Gasteiger partial charge < -0.3 is 14.3 Å². The second-order valence-electron chi connectivity index (χ2n) is 8.34. The van der Waals surface area contributed by atoms with Gasteiger partial charge in [-0.2, -0.15) is 0 Å². The summed E-state index contributed by atoms with van der Waals surface area (Å²) in [5.74, 6) is -0.204. The van der Waals surface area contributed by atoms with Crippen LogP contribution in [0.15, 0.2) is 63.8 Å². The molecule has 172 valence electrons. The van der Waals surface area contributed by atoms with E-state index in [4.69, 9.17) is 20.8 Å². The first-order valence-electron chi connectivity index (χ1n) is 10.9. The molecule has 0 bridgehead atoms. The van der Waals surface area contributed by atoms with Crippen LogP contribution in [0.2, 0.25) is 5.02 Å². The maximum Gasteiger partial charge on any atom is 0.295 e. The van der Waals surface area contributed by atoms with E-state index >= 15 is 0 Å². The van der Waals surface area contributed by atoms with E-state index in [-0.39, 0.29) is 28.3 Å². The first-order valence-corrected chi connectivity index (χ1v) is 11.3. The van der Waals surface area contributed by atoms with E-state index in [9.17, 15) is 14.7 Å². The van der Waals surface area contributed by atoms with Crippen molar-refractivity contribution in [2.24, 2.45) is 0 Å². The van der Waals surface area contributed by atoms with Gasteiger partial charge in [0, 0.05) is 10.7 Å². The Labute approximate surface area is 201 Å². The average molecular weight is 476 g/mol. The molecule has 0 aliphatic carbocycles. The Bertz CT molecular complexity index is 1520. The summed E-state index contributed by atoms with van der Waals surface area (Å²) in [6.45, 7) is 5.92. The Morgan fingerprint density at radius 2 is 1.85 bits per heavy atom. The molecule has 5 rings (SSSR count). The molecule has 3 aromatic carbocycles. The van der Waals surface area contributed by atoms with Gasteiger partial charge in [-0.05, 0) is 68.3 Å². The van der Waals surface area contributed by atoms with Crippen molar-refractivity contribution in [3.63, 3.8) is 0 Å². The van der Waals surface area contributed by atoms with E-state index in [2.05, 4.69) is 0 Å². The molecule has 0 saturated heterocycles. The van der Waals surface area contributed by atoms with Gasteiger partial charge in [-0.15, -0.1) is 0 Å². The molecular formula is C27H22ClNO5. The van der Waals surface area contributed by atoms with Crippen molar-refractivity contribution >= 4 is 34.2 Å². The van der Waals surface area contributed by atoms with E-state index in [1.807, 2.05) is 32.9 Å². The number of aromatic hydroxyl groups is 1. The number of hydrogen-bond donors (Lipinski definition) is 1. The Hall–Kier alpha value is -3.77. The number of hydrogen-bond acceptors (Lipinski definition) is 5. The molecule has 0 fully saturated rings. The van der Waals surface area contributed by atoms with Gasteiger partial charge in [0.05, 0.1) is 23.6 Å². The SMILES string of the molecule is CCOc1cc(C2c3c(oc4ccc(C)cc4c3=O)C(=O)N2c2ccc(C)c(Cl)c2)ccc1O. The molecule has 1 aliphatic heterocycles. The number of ether oxygens (including phenoxy) is 1. The van der Waals surface area contributed by atoms with Crippen molar-refractivity contribution in [1.29, 1.82) is 0 Å². The number of phenols is 1. The van der Waals surface area contributed by atoms with Gasteiger partial charge >= 0.3 is 0 Å². The second kappa shape index (κ2) is 8.22. The predicted molar refractivity (Wildman–Crippen MR) is 131 cm³/mol. The molecule has 6 nitrogen and oxygen atoms in total. The van der Waals surface area contributed by atoms with Crippen LogP contribution in [0.5, 0.6) is 11.5 Å². The van der Waals surface area contributed by atoms with Crippen LogP contribution in [0.3, 0.4) is 0 Å². The number of fused-ring (bicyclic) bond motifs is 2. The highest BCUT2D eigenvalue weighted by atomic mass is 35.5. The minimum atomic E-state index is -0.790. The van der Waals surface area contributed by atoms with Gasteiger partial charge in [0.2, 0.25) is 5.76 Å². The number of halogens is 1. The van der Waals surface area contributed by atoms with Gasteiger partial charge in [0.1, 0.15) is 5.58 Å². The molecule has 7 heteroatoms. The molecule has 1 N–H and O–H groups in total. The summed E-state index contributed by atoms with van der Waals surface area (Å²) < 4.78 is 11.6. The lowest BCUT2D eigenvalue weighted by molar-refractivity contribution is 0.0971. The molecular weight excluding hydrogens is 454 g/mol. The lowest BCUT2D eigenvalue weighted by Gasteiger charge is -2.26. The zero-order valence-electron chi connectivity index (χ0n) is 18.9. The second-order valence-corrected chi connectivity index (χ2v) is 8.75. The number of rotatable bonds is 4. The molecule has 34 heavy (non-hydrogen) atoms. The molecule has 2 heterocycles. The Kier molecular flexibility index (Phi) is 5.33. The fourth-order valence-electron chi connectivity index (χ4n) is 4.37. The van der Waals surface area contributed by atoms with Crippen LogP contribution in [0, 0.1) is 13.8 Å². The topological polar surface area (TPSA) is 80.0 Å². The van der Waals surface area contributed by atoms with Gasteiger partial charge in [-0.3, -0.25) is 14.5 Å². The van der Waals surface area contributed by atoms with Crippen LogP contribution >= 0.6 is 11.6 Å². The van der Waals surface area contributed by atoms with E-state index in [1.165, 1.54) is 11.0 Å². The molecule has 1 amide bonds. The summed E-state index contributed by atoms with van der Waals surface area (Å²) >= 11 is 6.39. The highest BCUT2D eigenvalue weighted by molar-refractivity contribution is 6.31. The van der Waals surface area contributed by atoms with Crippen LogP contribution in [-0.2, 0) is 0 Å². The van der Waals surface area contributed by atoms with Gasteiger partial charge in [-0.1, -0.05) is 35.4 Å². The van der Waals surface area contributed by atoms with Crippen molar-refractivity contribution in [3.8, 4) is 11.5 Å². The lowest BCUT2D eigenvalue weighted by atomic mass is 9.97. The van der Waals surface area contributed by atoms with Gasteiger partial charge in [0.25, 0.3) is 5.91 Å². The largest absolute Gasteiger partial charge is 0.504 e. The van der Waals surface area contributed by atoms with Crippen LogP contribution in [0.1, 0.15) is 45.8 Å². The molecule has 1 unspecified atom stereocenters. The fraction of sp³-hybridized carbons (Fsp3) is 0.185. The Morgan fingerprint density at radius 3 is 2.59 bits per heavy atom. The summed E-state index contributed by atoms with van der Waals surface area (Å²) in [5, 5.41) is 11.1. The number of aryl methyl sites for hydroxylation is 2. The van der Waals surface area contributed by atoms with Crippen LogP contribution in [0.4, 0.5) is 5.69 Å². The number of nitrogens with zero attached hydrogens (tertiary/aromatic N) is 1. The molecule has 1 atom stereocenters. The third kappa shape index (κ3) is 3.42. The van der Waals surface area contributed by atoms with Crippen LogP contribution < -0.4 is 15.1 Å². The Balaban J connectivity index is 1.81. The lowest BCUT2D eigenvalue weighted by Crippen LogP contribution is -2.29. The van der Waals surface area contributed by atoms with Crippen LogP contribution in [0.25, 0.3) is 11.0 Å². The predicted octanol–water partition coefficient (Wildman–Crippen LogP) is 5.92.